The molecule has 3 rings (SSSR count). The molecule has 30 heavy (non-hydrogen) atoms. The summed E-state index contributed by atoms with van der Waals surface area (Å²) >= 11 is 0. The fourth-order valence-corrected chi connectivity index (χ4v) is 4.69. The predicted molar refractivity (Wildman–Crippen MR) is 109 cm³/mol. The van der Waals surface area contributed by atoms with Gasteiger partial charge in [-0.3, -0.25) is 9.78 Å². The Morgan fingerprint density at radius 3 is 2.17 bits per heavy atom. The summed E-state index contributed by atoms with van der Waals surface area (Å²) in [6.07, 6.45) is 5.43. The number of carbonyl (C=O) groups excluding carboxylic acids is 1. The smallest absolute Gasteiger partial charge is 0.310 e. The molecule has 3 nitrogen and oxygen atoms in total. The molecule has 1 aromatic heterocycles. The third-order valence-corrected chi connectivity index (χ3v) is 7.01. The second kappa shape index (κ2) is 7.21. The Kier molecular flexibility index (Phi) is 5.42. The molecule has 1 aliphatic carbocycles. The molecule has 1 fully saturated rings. The largest absolute Gasteiger partial charge is 0.326 e. The second-order valence-corrected chi connectivity index (χ2v) is 10.5. The number of carbonyl (C=O) groups is 1. The van der Waals surface area contributed by atoms with Gasteiger partial charge < -0.3 is 5.32 Å². The average molecular weight is 449 g/mol. The Morgan fingerprint density at radius 1 is 1.03 bits per heavy atom. The first-order valence-corrected chi connectivity index (χ1v) is 11.8. The van der Waals surface area contributed by atoms with Crippen LogP contribution in [0.5, 0.6) is 0 Å². The van der Waals surface area contributed by atoms with Gasteiger partial charge in [0.1, 0.15) is 4.90 Å². The molecule has 0 radical (unpaired) electrons. The van der Waals surface area contributed by atoms with Crippen molar-refractivity contribution >= 4 is 21.8 Å². The summed E-state index contributed by atoms with van der Waals surface area (Å²) in [5, 5.41) is 2.55. The lowest BCUT2D eigenvalue weighted by Gasteiger charge is -2.40. The number of aryl methyl sites for hydroxylation is 1. The second-order valence-electron chi connectivity index (χ2n) is 8.11. The van der Waals surface area contributed by atoms with Crippen molar-refractivity contribution in [3.63, 3.8) is 0 Å². The maximum absolute atomic E-state index is 12.8. The summed E-state index contributed by atoms with van der Waals surface area (Å²) in [5.41, 5.74) is 2.29. The van der Waals surface area contributed by atoms with Crippen molar-refractivity contribution in [2.75, 3.05) is 5.32 Å². The van der Waals surface area contributed by atoms with Crippen LogP contribution in [0.3, 0.4) is 0 Å². The number of benzene rings is 1. The molecule has 1 saturated carbocycles. The van der Waals surface area contributed by atoms with Gasteiger partial charge >= 0.3 is 10.2 Å². The normalized spacial score (nSPS) is 23.2. The molecule has 1 aliphatic rings. The SMILES string of the molecule is Cc1cc(C2CCC([C@@H](C)C(=O)Nc3ccc(S(F)(F)(F)(F)F)cc3)CC2)ccn1. The fraction of sp³-hybridized carbons (Fsp3) is 0.429. The summed E-state index contributed by atoms with van der Waals surface area (Å²) in [6.45, 7) is 3.74. The highest BCUT2D eigenvalue weighted by Gasteiger charge is 2.65. The van der Waals surface area contributed by atoms with Crippen LogP contribution >= 0.6 is 10.2 Å². The predicted octanol–water partition coefficient (Wildman–Crippen LogP) is 7.60. The Balaban J connectivity index is 1.58. The molecule has 0 aliphatic heterocycles. The molecule has 1 aromatic carbocycles. The lowest BCUT2D eigenvalue weighted by molar-refractivity contribution is -0.121. The van der Waals surface area contributed by atoms with E-state index in [1.807, 2.05) is 13.0 Å². The van der Waals surface area contributed by atoms with E-state index in [2.05, 4.69) is 16.4 Å². The van der Waals surface area contributed by atoms with Crippen LogP contribution in [0.25, 0.3) is 0 Å². The molecule has 1 atom stereocenters. The Bertz CT molecular complexity index is 923. The standard InChI is InChI=1S/C21H25F5N2OS/c1-14-13-18(11-12-27-14)17-5-3-16(4-6-17)15(2)21(29)28-19-7-9-20(10-8-19)30(22,23,24,25)26/h7-13,15-17H,3-6H2,1-2H3,(H,28,29)/t15-,16?,17?/m1/s1. The number of pyridine rings is 1. The van der Waals surface area contributed by atoms with E-state index < -0.39 is 15.1 Å². The van der Waals surface area contributed by atoms with Crippen molar-refractivity contribution in [2.45, 2.75) is 50.3 Å². The van der Waals surface area contributed by atoms with Gasteiger partial charge in [0.15, 0.2) is 0 Å². The van der Waals surface area contributed by atoms with Crippen LogP contribution in [0.2, 0.25) is 0 Å². The molecule has 1 N–H and O–H groups in total. The van der Waals surface area contributed by atoms with Gasteiger partial charge in [-0.25, -0.2) is 0 Å². The highest BCUT2D eigenvalue weighted by Crippen LogP contribution is 3.02. The van der Waals surface area contributed by atoms with Crippen molar-refractivity contribution in [3.8, 4) is 0 Å². The maximum Gasteiger partial charge on any atom is 0.310 e. The molecule has 166 valence electrons. The molecule has 1 amide bonds. The van der Waals surface area contributed by atoms with Gasteiger partial charge in [-0.2, -0.15) is 0 Å². The molecule has 9 heteroatoms. The van der Waals surface area contributed by atoms with E-state index in [1.54, 1.807) is 13.1 Å². The van der Waals surface area contributed by atoms with E-state index >= 15 is 0 Å². The summed E-state index contributed by atoms with van der Waals surface area (Å²) in [5.74, 6) is -0.0652. The van der Waals surface area contributed by atoms with Crippen LogP contribution in [0, 0.1) is 18.8 Å². The molecule has 1 heterocycles. The number of anilines is 1. The number of hydrogen-bond donors (Lipinski definition) is 1. The van der Waals surface area contributed by atoms with E-state index in [4.69, 9.17) is 0 Å². The number of nitrogens with one attached hydrogen (secondary N) is 1. The van der Waals surface area contributed by atoms with Crippen molar-refractivity contribution in [3.05, 3.63) is 53.9 Å². The van der Waals surface area contributed by atoms with Crippen molar-refractivity contribution in [1.29, 1.82) is 0 Å². The van der Waals surface area contributed by atoms with E-state index in [9.17, 15) is 24.2 Å². The molecule has 0 spiro atoms. The van der Waals surface area contributed by atoms with Gasteiger partial charge in [-0.05, 0) is 86.4 Å². The zero-order chi connectivity index (χ0) is 22.2. The third kappa shape index (κ3) is 5.50. The fourth-order valence-electron chi connectivity index (χ4n) is 4.04. The minimum absolute atomic E-state index is 0.0680. The lowest BCUT2D eigenvalue weighted by atomic mass is 9.74. The van der Waals surface area contributed by atoms with Crippen LogP contribution < -0.4 is 5.32 Å². The van der Waals surface area contributed by atoms with Gasteiger partial charge in [0, 0.05) is 23.5 Å². The van der Waals surface area contributed by atoms with Crippen LogP contribution in [0.15, 0.2) is 47.5 Å². The third-order valence-electron chi connectivity index (χ3n) is 5.85. The lowest BCUT2D eigenvalue weighted by Crippen LogP contribution is -2.29. The van der Waals surface area contributed by atoms with Gasteiger partial charge in [-0.15, -0.1) is 0 Å². The van der Waals surface area contributed by atoms with Crippen molar-refractivity contribution in [1.82, 2.24) is 4.98 Å². The highest BCUT2D eigenvalue weighted by molar-refractivity contribution is 8.45. The first kappa shape index (κ1) is 22.5. The van der Waals surface area contributed by atoms with Gasteiger partial charge in [-0.1, -0.05) is 26.4 Å². The maximum atomic E-state index is 12.8. The number of hydrogen-bond acceptors (Lipinski definition) is 2. The number of halogens is 5. The molecular formula is C21H25F5N2OS. The zero-order valence-electron chi connectivity index (χ0n) is 16.8. The van der Waals surface area contributed by atoms with Gasteiger partial charge in [0.2, 0.25) is 5.91 Å². The molecule has 0 unspecified atom stereocenters. The summed E-state index contributed by atoms with van der Waals surface area (Å²) in [4.78, 5) is 14.8. The minimum atomic E-state index is -9.71. The molecular weight excluding hydrogens is 423 g/mol. The van der Waals surface area contributed by atoms with E-state index in [0.717, 1.165) is 43.5 Å². The summed E-state index contributed by atoms with van der Waals surface area (Å²) in [6, 6.07) is 6.44. The number of amides is 1. The number of aromatic nitrogens is 1. The number of nitrogens with zero attached hydrogens (tertiary/aromatic N) is 1. The number of rotatable bonds is 5. The average Bonchev–Trinajstić information content (AvgIpc) is 2.66. The van der Waals surface area contributed by atoms with Gasteiger partial charge in [0.05, 0.1) is 0 Å². The van der Waals surface area contributed by atoms with Gasteiger partial charge in [0.25, 0.3) is 0 Å². The Hall–Kier alpha value is -2.16. The topological polar surface area (TPSA) is 42.0 Å². The monoisotopic (exact) mass is 448 g/mol. The summed E-state index contributed by atoms with van der Waals surface area (Å²) < 4.78 is 64.0. The van der Waals surface area contributed by atoms with E-state index in [-0.39, 0.29) is 23.4 Å². The summed E-state index contributed by atoms with van der Waals surface area (Å²) in [7, 11) is -9.71. The first-order chi connectivity index (χ1) is 13.7. The Labute approximate surface area is 172 Å². The van der Waals surface area contributed by atoms with Crippen LogP contribution in [-0.2, 0) is 4.79 Å². The minimum Gasteiger partial charge on any atom is -0.326 e. The highest BCUT2D eigenvalue weighted by atomic mass is 32.5. The molecule has 0 saturated heterocycles. The van der Waals surface area contributed by atoms with Crippen molar-refractivity contribution < 1.29 is 24.2 Å². The van der Waals surface area contributed by atoms with E-state index in [0.29, 0.717) is 18.1 Å². The molecule has 0 bridgehead atoms. The first-order valence-electron chi connectivity index (χ1n) is 9.80. The van der Waals surface area contributed by atoms with Crippen LogP contribution in [0.1, 0.15) is 49.8 Å². The van der Waals surface area contributed by atoms with Crippen LogP contribution in [0.4, 0.5) is 25.1 Å². The van der Waals surface area contributed by atoms with E-state index in [1.165, 1.54) is 5.56 Å². The quantitative estimate of drug-likeness (QED) is 0.479. The van der Waals surface area contributed by atoms with Crippen molar-refractivity contribution in [2.24, 2.45) is 11.8 Å². The Morgan fingerprint density at radius 2 is 1.63 bits per heavy atom. The van der Waals surface area contributed by atoms with Crippen LogP contribution in [-0.4, -0.2) is 10.9 Å². The molecule has 2 aromatic rings. The zero-order valence-corrected chi connectivity index (χ0v) is 17.6.